The van der Waals surface area contributed by atoms with Crippen molar-refractivity contribution in [3.8, 4) is 0 Å². The summed E-state index contributed by atoms with van der Waals surface area (Å²) in [6.07, 6.45) is 9.43. The minimum atomic E-state index is -1.53. The van der Waals surface area contributed by atoms with Crippen LogP contribution in [0.3, 0.4) is 0 Å². The van der Waals surface area contributed by atoms with Crippen LogP contribution >= 0.6 is 65.7 Å². The van der Waals surface area contributed by atoms with Gasteiger partial charge in [0.15, 0.2) is 0 Å². The molecule has 124 heavy (non-hydrogen) atoms. The summed E-state index contributed by atoms with van der Waals surface area (Å²) in [7, 11) is 11.1. The van der Waals surface area contributed by atoms with E-state index in [9.17, 15) is 0 Å². The maximum Gasteiger partial charge on any atom is 0.102 e. The van der Waals surface area contributed by atoms with Crippen molar-refractivity contribution in [3.05, 3.63) is 426 Å². The zero-order valence-corrected chi connectivity index (χ0v) is 86.4. The standard InChI is InChI=1S/C21H23Cl2N2.C19H18P.2C18H15P.C10H14I.C9H17N2O2.C9H17N2O.CH3.2ClH.2Ru.2H/c1-12-7-14(3)18(15(4)8-12)24-11-25(21(23)20(24)22)19-16(5)9-13(2)10-17(19)6;1-20(17-11-5-2-6-12-17,18-13-7-3-8-14-18)19-15-9-4-10-16-19;2*1-4-10-16(11-5-1)19(17-12-6-2-7-13-17)18-14-8-3-9-15-18;1-7-5-8(2)10(11-4)9(3)6-7;1-12-7-5-10-3-4-11(9-10)6-8-13-2;1-3-4-10-5-6-11(9-10)7-8-12-2;;;;;;;/h7-11H,1-6H3;2-16H,1H3;2*1-15H;5-6H,1-4H3;3-4,9H,5-8H2,1-2H3;5-6,9H,3-4,7-8H2,1-2H3;1H3;2*1H;;;;/q-1;+1;;;4*-1;;;2*+3;;. The molecule has 0 aromatic heterocycles. The van der Waals surface area contributed by atoms with Crippen LogP contribution in [0.4, 0.5) is 11.4 Å². The van der Waals surface area contributed by atoms with E-state index >= 15 is 0 Å². The molecule has 0 unspecified atom stereocenters. The third-order valence-electron chi connectivity index (χ3n) is 20.2. The third kappa shape index (κ3) is 32.6. The van der Waals surface area contributed by atoms with Gasteiger partial charge in [0, 0.05) is 52.3 Å². The van der Waals surface area contributed by atoms with Crippen molar-refractivity contribution >= 4 is 125 Å². The molecular formula is C105H126Cl4IN6O3P3Ru2+2. The number of ether oxygens (including phenoxy) is 3. The second-order valence-corrected chi connectivity index (χ2v) is 40.9. The van der Waals surface area contributed by atoms with Gasteiger partial charge in [-0.1, -0.05) is 229 Å². The summed E-state index contributed by atoms with van der Waals surface area (Å²) in [6.45, 7) is 36.1. The smallest absolute Gasteiger partial charge is 0.0620 e. The van der Waals surface area contributed by atoms with E-state index in [1.54, 1.807) is 59.5 Å². The molecule has 0 spiro atoms. The fourth-order valence-electron chi connectivity index (χ4n) is 14.8. The molecule has 19 heteroatoms. The minimum Gasteiger partial charge on any atom is -0.0620 e. The van der Waals surface area contributed by atoms with Crippen molar-refractivity contribution in [2.24, 2.45) is 0 Å². The predicted molar refractivity (Wildman–Crippen MR) is 539 cm³/mol. The first kappa shape index (κ1) is 106. The fraction of sp³-hybridized carbons (Fsp3) is 0.219. The van der Waals surface area contributed by atoms with Crippen LogP contribution < -0.4 is 78.7 Å². The number of nitrogens with zero attached hydrogens (tertiary/aromatic N) is 6. The Kier molecular flexibility index (Phi) is 49.8. The molecule has 12 aromatic carbocycles. The molecule has 3 aliphatic heterocycles. The number of alkyl halides is 1. The maximum atomic E-state index is 6.63. The van der Waals surface area contributed by atoms with Gasteiger partial charge in [0.1, 0.15) is 65.3 Å². The largest absolute Gasteiger partial charge is 0.102 e. The van der Waals surface area contributed by atoms with Crippen molar-refractivity contribution in [2.45, 2.75) is 75.7 Å². The zero-order valence-electron chi connectivity index (χ0n) is 74.6. The number of aryl methyl sites for hydroxylation is 9. The summed E-state index contributed by atoms with van der Waals surface area (Å²) in [5, 5.41) is 13.9. The normalized spacial score (nSPS) is 12.3. The van der Waals surface area contributed by atoms with Crippen molar-refractivity contribution in [1.29, 1.82) is 0 Å². The molecule has 0 atom stereocenters. The SMILES string of the molecule is CCCN1C=CN(CCOC)[CH-]1.COCCN1C=CN(CCOC)[CH-]1.C[I-]c1c(C)cc(C)cc1C.C[P+](c1ccccc1)(c1ccccc1)c1ccccc1.Cc1cc(C)c(N2[CH-]N(c3c(C)cc(C)cc3C)C(Cl)=C2Cl)c(C)c1.[CH3-].[Cl][RuH+2].[Cl][RuH+2].c1ccc([PH+](c2ccccc2)c2ccccc2)cc1.c1ccc([PH+](c2ccccc2)c2ccccc2)cc1. The molecule has 3 aliphatic rings. The third-order valence-corrected chi connectivity index (χ3v) is 33.2. The number of rotatable bonds is 23. The van der Waals surface area contributed by atoms with E-state index in [1.807, 2.05) is 28.9 Å². The van der Waals surface area contributed by atoms with E-state index in [1.165, 1.54) is 104 Å². The molecule has 9 nitrogen and oxygen atoms in total. The molecule has 0 N–H and O–H groups in total. The van der Waals surface area contributed by atoms with Crippen LogP contribution in [0.15, 0.2) is 344 Å². The van der Waals surface area contributed by atoms with Gasteiger partial charge in [0.25, 0.3) is 0 Å². The predicted octanol–water partition coefficient (Wildman–Crippen LogP) is 19.1. The second-order valence-electron chi connectivity index (χ2n) is 29.5. The van der Waals surface area contributed by atoms with Crippen LogP contribution in [0.2, 0.25) is 0 Å². The van der Waals surface area contributed by atoms with Crippen molar-refractivity contribution < 1.29 is 70.0 Å². The molecule has 0 fully saturated rings. The number of benzene rings is 12. The number of hydrogen-bond acceptors (Lipinski definition) is 9. The van der Waals surface area contributed by atoms with Gasteiger partial charge < -0.3 is 51.0 Å². The summed E-state index contributed by atoms with van der Waals surface area (Å²) >= 11 is 16.8. The van der Waals surface area contributed by atoms with E-state index in [0.29, 0.717) is 10.3 Å². The molecule has 0 saturated carbocycles. The number of methoxy groups -OCH3 is 3. The van der Waals surface area contributed by atoms with Crippen LogP contribution in [0.25, 0.3) is 0 Å². The van der Waals surface area contributed by atoms with Gasteiger partial charge >= 0.3 is 133 Å². The maximum absolute atomic E-state index is 6.63. The first-order valence-corrected chi connectivity index (χ1v) is 55.0. The number of halogens is 5. The van der Waals surface area contributed by atoms with E-state index in [4.69, 9.17) is 37.4 Å². The van der Waals surface area contributed by atoms with Gasteiger partial charge in [-0.3, -0.25) is 0 Å². The summed E-state index contributed by atoms with van der Waals surface area (Å²) in [5.41, 5.74) is 13.7. The van der Waals surface area contributed by atoms with Gasteiger partial charge in [-0.05, 0) is 211 Å². The molecule has 658 valence electrons. The van der Waals surface area contributed by atoms with Gasteiger partial charge in [-0.2, -0.15) is 13.3 Å². The molecule has 0 bridgehead atoms. The average molecular weight is 2080 g/mol. The quantitative estimate of drug-likeness (QED) is 0.0156. The van der Waals surface area contributed by atoms with Crippen molar-refractivity contribution in [2.75, 3.05) is 88.7 Å². The molecular weight excluding hydrogens is 1960 g/mol. The Morgan fingerprint density at radius 2 is 0.540 bits per heavy atom. The van der Waals surface area contributed by atoms with Crippen molar-refractivity contribution in [1.82, 2.24) is 19.6 Å². The molecule has 0 radical (unpaired) electrons. The topological polar surface area (TPSA) is 47.1 Å². The van der Waals surface area contributed by atoms with Gasteiger partial charge in [0.2, 0.25) is 0 Å². The van der Waals surface area contributed by atoms with E-state index in [-0.39, 0.29) is 28.6 Å². The molecule has 0 amide bonds. The first-order valence-electron chi connectivity index (χ1n) is 41.0. The average Bonchev–Trinajstić information content (AvgIpc) is 1.47. The molecule has 0 aliphatic carbocycles. The first-order chi connectivity index (χ1) is 59.8. The monoisotopic (exact) mass is 2080 g/mol. The molecule has 0 saturated heterocycles. The zero-order chi connectivity index (χ0) is 88.9. The van der Waals surface area contributed by atoms with Crippen molar-refractivity contribution in [3.63, 3.8) is 0 Å². The summed E-state index contributed by atoms with van der Waals surface area (Å²) < 4.78 is 16.6. The summed E-state index contributed by atoms with van der Waals surface area (Å²) in [4.78, 5) is 14.8. The summed E-state index contributed by atoms with van der Waals surface area (Å²) in [6, 6.07) is 111. The Hall–Kier alpha value is -7.03. The summed E-state index contributed by atoms with van der Waals surface area (Å²) in [5.74, 6) is 0. The Balaban J connectivity index is 0.000000225. The van der Waals surface area contributed by atoms with E-state index < -0.39 is 23.1 Å². The molecule has 3 heterocycles. The van der Waals surface area contributed by atoms with E-state index in [2.05, 4.69) is 455 Å². The van der Waals surface area contributed by atoms with Gasteiger partial charge in [-0.15, -0.1) is 6.67 Å². The van der Waals surface area contributed by atoms with Gasteiger partial charge in [-0.25, -0.2) is 0 Å². The van der Waals surface area contributed by atoms with Crippen LogP contribution in [0.1, 0.15) is 63.4 Å². The number of anilines is 2. The molecule has 15 rings (SSSR count). The van der Waals surface area contributed by atoms with Gasteiger partial charge in [0.05, 0.1) is 42.3 Å². The minimum absolute atomic E-state index is 0. The number of hydrogen-bond donors (Lipinski definition) is 0. The van der Waals surface area contributed by atoms with Crippen LogP contribution in [-0.4, -0.2) is 98.5 Å². The van der Waals surface area contributed by atoms with Crippen LogP contribution in [0, 0.1) is 93.3 Å². The Morgan fingerprint density at radius 3 is 0.750 bits per heavy atom. The van der Waals surface area contributed by atoms with E-state index in [0.717, 1.165) is 57.4 Å². The Morgan fingerprint density at radius 1 is 0.331 bits per heavy atom. The van der Waals surface area contributed by atoms with Crippen LogP contribution in [-0.2, 0) is 48.8 Å². The Labute approximate surface area is 796 Å². The second kappa shape index (κ2) is 58.4. The fourth-order valence-corrected chi connectivity index (χ4v) is 25.6. The van der Waals surface area contributed by atoms with Crippen LogP contribution in [0.5, 0.6) is 0 Å². The Bertz CT molecular complexity index is 4510. The molecule has 12 aromatic rings.